The third kappa shape index (κ3) is 3.50. The van der Waals surface area contributed by atoms with Crippen molar-refractivity contribution < 1.29 is 4.74 Å². The smallest absolute Gasteiger partial charge is 0.118 e. The number of ether oxygens (including phenoxy) is 1. The maximum atomic E-state index is 5.18. The van der Waals surface area contributed by atoms with E-state index in [1.807, 2.05) is 36.9 Å². The minimum Gasteiger partial charge on any atom is -0.497 e. The molecule has 0 fully saturated rings. The monoisotopic (exact) mass is 360 g/mol. The Labute approximate surface area is 140 Å². The number of aromatic nitrogens is 2. The number of methoxy groups -OCH3 is 1. The molecular weight excluding hydrogens is 340 g/mol. The molecule has 0 spiro atoms. The van der Waals surface area contributed by atoms with E-state index in [2.05, 4.69) is 52.2 Å². The summed E-state index contributed by atoms with van der Waals surface area (Å²) in [4.78, 5) is 0. The first kappa shape index (κ1) is 16.6. The molecule has 4 heteroatoms. The van der Waals surface area contributed by atoms with E-state index >= 15 is 0 Å². The maximum absolute atomic E-state index is 5.18. The Kier molecular flexibility index (Phi) is 5.61. The highest BCUT2D eigenvalue weighted by atomic mass is 79.9. The van der Waals surface area contributed by atoms with E-state index in [4.69, 9.17) is 4.74 Å². The van der Waals surface area contributed by atoms with Gasteiger partial charge in [0.1, 0.15) is 5.75 Å². The van der Waals surface area contributed by atoms with E-state index in [9.17, 15) is 0 Å². The molecule has 3 rings (SSSR count). The third-order valence-electron chi connectivity index (χ3n) is 3.38. The van der Waals surface area contributed by atoms with Crippen LogP contribution < -0.4 is 4.74 Å². The minimum absolute atomic E-state index is 0.760. The Balaban J connectivity index is 0.000000847. The second-order valence-corrected chi connectivity index (χ2v) is 5.73. The van der Waals surface area contributed by atoms with Gasteiger partial charge in [0.2, 0.25) is 0 Å². The highest BCUT2D eigenvalue weighted by Crippen LogP contribution is 2.24. The molecular formula is C18H21BrN2O. The molecule has 0 aliphatic heterocycles. The maximum Gasteiger partial charge on any atom is 0.118 e. The molecule has 0 saturated heterocycles. The van der Waals surface area contributed by atoms with Gasteiger partial charge in [-0.1, -0.05) is 41.9 Å². The van der Waals surface area contributed by atoms with Crippen molar-refractivity contribution in [1.82, 2.24) is 9.78 Å². The predicted octanol–water partition coefficient (Wildman–Crippen LogP) is 5.19. The molecule has 0 unspecified atom stereocenters. The molecule has 0 amide bonds. The van der Waals surface area contributed by atoms with Crippen molar-refractivity contribution in [2.75, 3.05) is 7.11 Å². The molecule has 0 atom stereocenters. The molecule has 1 heterocycles. The van der Waals surface area contributed by atoms with E-state index in [1.165, 1.54) is 16.6 Å². The Morgan fingerprint density at radius 3 is 2.45 bits per heavy atom. The molecule has 2 aromatic carbocycles. The average Bonchev–Trinajstić information content (AvgIpc) is 2.93. The minimum atomic E-state index is 0.760. The number of halogens is 1. The third-order valence-corrected chi connectivity index (χ3v) is 3.84. The van der Waals surface area contributed by atoms with E-state index in [1.54, 1.807) is 7.11 Å². The van der Waals surface area contributed by atoms with Crippen LogP contribution in [0.1, 0.15) is 25.0 Å². The quantitative estimate of drug-likeness (QED) is 0.642. The lowest BCUT2D eigenvalue weighted by molar-refractivity contribution is 0.414. The second-order valence-electron chi connectivity index (χ2n) is 4.81. The first-order chi connectivity index (χ1) is 10.7. The van der Waals surface area contributed by atoms with Crippen molar-refractivity contribution in [1.29, 1.82) is 0 Å². The van der Waals surface area contributed by atoms with E-state index in [0.29, 0.717) is 0 Å². The number of hydrogen-bond donors (Lipinski definition) is 0. The van der Waals surface area contributed by atoms with Crippen LogP contribution in [0.2, 0.25) is 0 Å². The van der Waals surface area contributed by atoms with Crippen molar-refractivity contribution in [2.24, 2.45) is 0 Å². The first-order valence-electron chi connectivity index (χ1n) is 7.42. The van der Waals surface area contributed by atoms with Gasteiger partial charge in [0.05, 0.1) is 25.4 Å². The summed E-state index contributed by atoms with van der Waals surface area (Å²) < 4.78 is 8.31. The average molecular weight is 361 g/mol. The van der Waals surface area contributed by atoms with Gasteiger partial charge in [0, 0.05) is 9.86 Å². The van der Waals surface area contributed by atoms with E-state index < -0.39 is 0 Å². The van der Waals surface area contributed by atoms with Crippen molar-refractivity contribution in [3.8, 4) is 5.75 Å². The molecule has 3 nitrogen and oxygen atoms in total. The topological polar surface area (TPSA) is 27.1 Å². The molecule has 0 radical (unpaired) electrons. The zero-order valence-electron chi connectivity index (χ0n) is 13.4. The van der Waals surface area contributed by atoms with Gasteiger partial charge in [0.25, 0.3) is 0 Å². The zero-order chi connectivity index (χ0) is 16.1. The van der Waals surface area contributed by atoms with Crippen LogP contribution in [0.5, 0.6) is 5.75 Å². The van der Waals surface area contributed by atoms with Gasteiger partial charge in [-0.05, 0) is 42.3 Å². The van der Waals surface area contributed by atoms with Crippen molar-refractivity contribution in [2.45, 2.75) is 27.3 Å². The highest BCUT2D eigenvalue weighted by molar-refractivity contribution is 9.10. The largest absolute Gasteiger partial charge is 0.497 e. The summed E-state index contributed by atoms with van der Waals surface area (Å²) in [6, 6.07) is 12.3. The summed E-state index contributed by atoms with van der Waals surface area (Å²) in [6.07, 6.45) is 1.91. The Bertz CT molecular complexity index is 748. The van der Waals surface area contributed by atoms with Gasteiger partial charge in [-0.15, -0.1) is 0 Å². The van der Waals surface area contributed by atoms with Crippen molar-refractivity contribution in [3.63, 3.8) is 0 Å². The molecule has 0 aliphatic carbocycles. The molecule has 116 valence electrons. The normalized spacial score (nSPS) is 10.2. The van der Waals surface area contributed by atoms with Crippen LogP contribution in [0.4, 0.5) is 0 Å². The van der Waals surface area contributed by atoms with Gasteiger partial charge in [-0.2, -0.15) is 5.10 Å². The van der Waals surface area contributed by atoms with Crippen LogP contribution in [-0.2, 0) is 6.54 Å². The lowest BCUT2D eigenvalue weighted by atomic mass is 10.1. The van der Waals surface area contributed by atoms with E-state index in [0.717, 1.165) is 22.2 Å². The summed E-state index contributed by atoms with van der Waals surface area (Å²) in [5.41, 5.74) is 3.61. The Morgan fingerprint density at radius 1 is 1.14 bits per heavy atom. The van der Waals surface area contributed by atoms with Crippen molar-refractivity contribution in [3.05, 3.63) is 58.2 Å². The number of fused-ring (bicyclic) bond motifs is 1. The second kappa shape index (κ2) is 7.45. The van der Waals surface area contributed by atoms with Gasteiger partial charge >= 0.3 is 0 Å². The van der Waals surface area contributed by atoms with Crippen molar-refractivity contribution >= 4 is 26.8 Å². The SMILES string of the molecule is CC.COc1ccc(Cn2ncc3cc(Br)cc(C)c32)cc1. The van der Waals surface area contributed by atoms with Gasteiger partial charge in [-0.25, -0.2) is 0 Å². The van der Waals surface area contributed by atoms with Crippen LogP contribution >= 0.6 is 15.9 Å². The molecule has 0 N–H and O–H groups in total. The molecule has 0 aliphatic rings. The Hall–Kier alpha value is -1.81. The number of benzene rings is 2. The van der Waals surface area contributed by atoms with Crippen LogP contribution in [0.3, 0.4) is 0 Å². The fraction of sp³-hybridized carbons (Fsp3) is 0.278. The Morgan fingerprint density at radius 2 is 1.82 bits per heavy atom. The summed E-state index contributed by atoms with van der Waals surface area (Å²) in [6.45, 7) is 6.87. The van der Waals surface area contributed by atoms with E-state index in [-0.39, 0.29) is 0 Å². The summed E-state index contributed by atoms with van der Waals surface area (Å²) in [5, 5.41) is 5.66. The fourth-order valence-electron chi connectivity index (χ4n) is 2.43. The molecule has 3 aromatic rings. The van der Waals surface area contributed by atoms with Gasteiger partial charge in [0.15, 0.2) is 0 Å². The van der Waals surface area contributed by atoms with Crippen LogP contribution in [0.25, 0.3) is 10.9 Å². The lowest BCUT2D eigenvalue weighted by Gasteiger charge is -2.07. The summed E-state index contributed by atoms with van der Waals surface area (Å²) in [5.74, 6) is 0.874. The molecule has 22 heavy (non-hydrogen) atoms. The standard InChI is InChI=1S/C16H15BrN2O.C2H6/c1-11-7-14(17)8-13-9-18-19(16(11)13)10-12-3-5-15(20-2)6-4-12;1-2/h3-9H,10H2,1-2H3;1-2H3. The molecule has 1 aromatic heterocycles. The van der Waals surface area contributed by atoms with Crippen LogP contribution in [0, 0.1) is 6.92 Å². The number of aryl methyl sites for hydroxylation is 1. The van der Waals surface area contributed by atoms with Gasteiger partial charge in [-0.3, -0.25) is 4.68 Å². The summed E-state index contributed by atoms with van der Waals surface area (Å²) in [7, 11) is 1.68. The fourth-order valence-corrected chi connectivity index (χ4v) is 3.02. The van der Waals surface area contributed by atoms with Crippen LogP contribution in [0.15, 0.2) is 47.1 Å². The number of nitrogens with zero attached hydrogens (tertiary/aromatic N) is 2. The van der Waals surface area contributed by atoms with Crippen LogP contribution in [-0.4, -0.2) is 16.9 Å². The molecule has 0 bridgehead atoms. The first-order valence-corrected chi connectivity index (χ1v) is 8.21. The number of rotatable bonds is 3. The highest BCUT2D eigenvalue weighted by Gasteiger charge is 2.07. The summed E-state index contributed by atoms with van der Waals surface area (Å²) >= 11 is 3.52. The molecule has 0 saturated carbocycles. The zero-order valence-corrected chi connectivity index (χ0v) is 15.0. The number of hydrogen-bond acceptors (Lipinski definition) is 2. The lowest BCUT2D eigenvalue weighted by Crippen LogP contribution is -2.02. The predicted molar refractivity (Wildman–Crippen MR) is 95.6 cm³/mol. The van der Waals surface area contributed by atoms with Gasteiger partial charge < -0.3 is 4.74 Å².